The van der Waals surface area contributed by atoms with Gasteiger partial charge >= 0.3 is 19.5 Å². The summed E-state index contributed by atoms with van der Waals surface area (Å²) >= 11 is 0. The van der Waals surface area contributed by atoms with Crippen molar-refractivity contribution in [2.24, 2.45) is 0 Å². The molecule has 5 heavy (non-hydrogen) atoms. The maximum atomic E-state index is 8.00. The molecule has 0 fully saturated rings. The second kappa shape index (κ2) is 60.5. The second-order valence-corrected chi connectivity index (χ2v) is 0. The SMILES string of the molecule is C=O.[Br-].[Br-].[Ru+2]. The van der Waals surface area contributed by atoms with Crippen LogP contribution in [0.2, 0.25) is 0 Å². The van der Waals surface area contributed by atoms with Crippen LogP contribution in [0.25, 0.3) is 0 Å². The van der Waals surface area contributed by atoms with Crippen molar-refractivity contribution in [2.75, 3.05) is 0 Å². The van der Waals surface area contributed by atoms with Crippen LogP contribution < -0.4 is 34.0 Å². The summed E-state index contributed by atoms with van der Waals surface area (Å²) in [5.74, 6) is 0. The van der Waals surface area contributed by atoms with E-state index >= 15 is 0 Å². The van der Waals surface area contributed by atoms with Crippen LogP contribution in [-0.4, -0.2) is 6.79 Å². The third-order valence-electron chi connectivity index (χ3n) is 0. The van der Waals surface area contributed by atoms with Crippen molar-refractivity contribution in [2.45, 2.75) is 0 Å². The third-order valence-corrected chi connectivity index (χ3v) is 0. The normalized spacial score (nSPS) is 0.800. The molecule has 4 heteroatoms. The molecule has 0 aliphatic rings. The van der Waals surface area contributed by atoms with Gasteiger partial charge in [-0.3, -0.25) is 0 Å². The summed E-state index contributed by atoms with van der Waals surface area (Å²) in [5.41, 5.74) is 0. The number of hydrogen-bond donors (Lipinski definition) is 0. The standard InChI is InChI=1S/CH2O.2BrH.Ru/c1-2;;;/h1H2;2*1H;/q;;;+2/p-2. The summed E-state index contributed by atoms with van der Waals surface area (Å²) in [6.45, 7) is 2.00. The maximum absolute atomic E-state index is 8.00. The van der Waals surface area contributed by atoms with E-state index in [1.54, 1.807) is 0 Å². The number of carbonyl (C=O) groups is 1. The molecule has 0 saturated carbocycles. The van der Waals surface area contributed by atoms with Gasteiger partial charge in [-0.05, 0) is 0 Å². The first-order chi connectivity index (χ1) is 1.00. The van der Waals surface area contributed by atoms with Crippen molar-refractivity contribution in [3.8, 4) is 0 Å². The summed E-state index contributed by atoms with van der Waals surface area (Å²) in [5, 5.41) is 0. The number of halogens is 2. The van der Waals surface area contributed by atoms with Crippen LogP contribution in [0.4, 0.5) is 0 Å². The van der Waals surface area contributed by atoms with Gasteiger partial charge in [0.05, 0.1) is 0 Å². The summed E-state index contributed by atoms with van der Waals surface area (Å²) in [6.07, 6.45) is 0. The van der Waals surface area contributed by atoms with Gasteiger partial charge in [0.15, 0.2) is 0 Å². The van der Waals surface area contributed by atoms with Crippen LogP contribution in [-0.2, 0) is 24.3 Å². The molecule has 0 unspecified atom stereocenters. The Morgan fingerprint density at radius 3 is 1.00 bits per heavy atom. The Kier molecular flexibility index (Phi) is 411. The van der Waals surface area contributed by atoms with Crippen LogP contribution in [0.3, 0.4) is 0 Å². The molecule has 0 bridgehead atoms. The molecule has 0 aromatic heterocycles. The molecule has 0 heterocycles. The fourth-order valence-electron chi connectivity index (χ4n) is 0. The van der Waals surface area contributed by atoms with E-state index in [1.165, 1.54) is 0 Å². The predicted octanol–water partition coefficient (Wildman–Crippen LogP) is -6.18. The van der Waals surface area contributed by atoms with Gasteiger partial charge in [0.2, 0.25) is 0 Å². The van der Waals surface area contributed by atoms with Crippen LogP contribution in [0.15, 0.2) is 0 Å². The average molecular weight is 291 g/mol. The first kappa shape index (κ1) is 34.0. The van der Waals surface area contributed by atoms with E-state index in [4.69, 9.17) is 4.79 Å². The first-order valence-electron chi connectivity index (χ1n) is 0.289. The smallest absolute Gasteiger partial charge is 1.00 e. The van der Waals surface area contributed by atoms with Crippen molar-refractivity contribution >= 4 is 6.79 Å². The van der Waals surface area contributed by atoms with E-state index in [1.807, 2.05) is 6.79 Å². The quantitative estimate of drug-likeness (QED) is 0.406. The van der Waals surface area contributed by atoms with Crippen molar-refractivity contribution in [1.82, 2.24) is 0 Å². The summed E-state index contributed by atoms with van der Waals surface area (Å²) in [7, 11) is 0. The van der Waals surface area contributed by atoms with E-state index in [9.17, 15) is 0 Å². The van der Waals surface area contributed by atoms with E-state index < -0.39 is 0 Å². The minimum atomic E-state index is 0. The molecule has 34 valence electrons. The first-order valence-corrected chi connectivity index (χ1v) is 0.289. The molecule has 0 radical (unpaired) electrons. The topological polar surface area (TPSA) is 17.1 Å². The molecule has 0 aromatic rings. The predicted molar refractivity (Wildman–Crippen MR) is 7.12 cm³/mol. The molecule has 0 N–H and O–H groups in total. The molecule has 0 atom stereocenters. The summed E-state index contributed by atoms with van der Waals surface area (Å²) < 4.78 is 0. The van der Waals surface area contributed by atoms with Gasteiger partial charge in [-0.25, -0.2) is 0 Å². The number of hydrogen-bond acceptors (Lipinski definition) is 1. The fraction of sp³-hybridized carbons (Fsp3) is 0. The van der Waals surface area contributed by atoms with Gasteiger partial charge in [0.25, 0.3) is 0 Å². The van der Waals surface area contributed by atoms with E-state index in [2.05, 4.69) is 0 Å². The minimum Gasteiger partial charge on any atom is -1.00 e. The fourth-order valence-corrected chi connectivity index (χ4v) is 0. The van der Waals surface area contributed by atoms with Crippen molar-refractivity contribution in [3.05, 3.63) is 0 Å². The Morgan fingerprint density at radius 2 is 1.00 bits per heavy atom. The van der Waals surface area contributed by atoms with Crippen molar-refractivity contribution in [3.63, 3.8) is 0 Å². The molecular formula is CH2Br2ORu. The zero-order chi connectivity index (χ0) is 2.00. The number of rotatable bonds is 0. The molecule has 1 nitrogen and oxygen atoms in total. The van der Waals surface area contributed by atoms with Crippen molar-refractivity contribution in [1.29, 1.82) is 0 Å². The maximum Gasteiger partial charge on any atom is 2.00 e. The minimum absolute atomic E-state index is 0. The molecule has 0 spiro atoms. The van der Waals surface area contributed by atoms with Crippen LogP contribution in [0, 0.1) is 0 Å². The zero-order valence-electron chi connectivity index (χ0n) is 2.22. The molecule has 0 aliphatic heterocycles. The Labute approximate surface area is 64.8 Å². The largest absolute Gasteiger partial charge is 2.00 e. The summed E-state index contributed by atoms with van der Waals surface area (Å²) in [6, 6.07) is 0. The summed E-state index contributed by atoms with van der Waals surface area (Å²) in [4.78, 5) is 8.00. The molecule has 0 rings (SSSR count). The third kappa shape index (κ3) is 35.4. The molecule has 0 aliphatic carbocycles. The molecular weight excluding hydrogens is 289 g/mol. The second-order valence-electron chi connectivity index (χ2n) is 0. The van der Waals surface area contributed by atoms with Gasteiger partial charge < -0.3 is 38.8 Å². The van der Waals surface area contributed by atoms with E-state index in [0.717, 1.165) is 0 Å². The van der Waals surface area contributed by atoms with Gasteiger partial charge in [0, 0.05) is 0 Å². The van der Waals surface area contributed by atoms with Gasteiger partial charge in [-0.15, -0.1) is 0 Å². The van der Waals surface area contributed by atoms with Crippen LogP contribution in [0.1, 0.15) is 0 Å². The zero-order valence-corrected chi connectivity index (χ0v) is 7.13. The van der Waals surface area contributed by atoms with E-state index in [-0.39, 0.29) is 53.4 Å². The molecule has 0 aromatic carbocycles. The van der Waals surface area contributed by atoms with Crippen molar-refractivity contribution < 1.29 is 58.2 Å². The molecule has 0 saturated heterocycles. The average Bonchev–Trinajstić information content (AvgIpc) is 1.00. The van der Waals surface area contributed by atoms with Gasteiger partial charge in [-0.1, -0.05) is 0 Å². The van der Waals surface area contributed by atoms with Gasteiger partial charge in [-0.2, -0.15) is 0 Å². The molecule has 0 amide bonds. The Bertz CT molecular complexity index is 9.61. The van der Waals surface area contributed by atoms with Crippen LogP contribution >= 0.6 is 0 Å². The van der Waals surface area contributed by atoms with Gasteiger partial charge in [0.1, 0.15) is 6.79 Å². The Balaban J connectivity index is -0.00000000167. The Morgan fingerprint density at radius 1 is 1.00 bits per heavy atom. The monoisotopic (exact) mass is 290 g/mol. The van der Waals surface area contributed by atoms with Crippen LogP contribution in [0.5, 0.6) is 0 Å². The Hall–Kier alpha value is 1.25. The number of carbonyl (C=O) groups excluding carboxylic acids is 1. The van der Waals surface area contributed by atoms with E-state index in [0.29, 0.717) is 0 Å².